The molecule has 0 aliphatic carbocycles. The fraction of sp³-hybridized carbons (Fsp3) is 0.812. The molecule has 10 nitrogen and oxygen atoms in total. The summed E-state index contributed by atoms with van der Waals surface area (Å²) in [5, 5.41) is 0. The average Bonchev–Trinajstić information content (AvgIpc) is 2.56. The van der Waals surface area contributed by atoms with Crippen molar-refractivity contribution >= 4 is 17.9 Å². The molecule has 10 heteroatoms. The number of esters is 3. The summed E-state index contributed by atoms with van der Waals surface area (Å²) in [6.07, 6.45) is -5.43. The van der Waals surface area contributed by atoms with Gasteiger partial charge in [0.15, 0.2) is 18.5 Å². The molecule has 0 saturated carbocycles. The summed E-state index contributed by atoms with van der Waals surface area (Å²) in [7, 11) is 4.24. The first-order valence-corrected chi connectivity index (χ1v) is 7.96. The molecule has 0 radical (unpaired) electrons. The fourth-order valence-corrected chi connectivity index (χ4v) is 2.78. The highest BCUT2D eigenvalue weighted by atomic mass is 16.7. The van der Waals surface area contributed by atoms with Gasteiger partial charge in [-0.2, -0.15) is 0 Å². The van der Waals surface area contributed by atoms with Crippen molar-refractivity contribution in [2.45, 2.75) is 57.6 Å². The van der Waals surface area contributed by atoms with E-state index in [-0.39, 0.29) is 6.61 Å². The SMILES string of the molecule is CO[C@@H]1O[C@H]([C@@H](COC(C)=O)OC(C)=O)[C@@H](OC(C)=O)[C@H](OC)[C@H]1OC. The smallest absolute Gasteiger partial charge is 0.303 e. The molecule has 150 valence electrons. The van der Waals surface area contributed by atoms with Gasteiger partial charge in [-0.25, -0.2) is 0 Å². The molecule has 0 aromatic heterocycles. The van der Waals surface area contributed by atoms with E-state index < -0.39 is 54.7 Å². The van der Waals surface area contributed by atoms with Gasteiger partial charge in [-0.3, -0.25) is 14.4 Å². The summed E-state index contributed by atoms with van der Waals surface area (Å²) < 4.78 is 37.4. The van der Waals surface area contributed by atoms with Gasteiger partial charge in [-0.15, -0.1) is 0 Å². The zero-order chi connectivity index (χ0) is 19.9. The number of methoxy groups -OCH3 is 3. The fourth-order valence-electron chi connectivity index (χ4n) is 2.78. The molecular formula is C16H26O10. The lowest BCUT2D eigenvalue weighted by Crippen LogP contribution is -2.64. The van der Waals surface area contributed by atoms with E-state index in [0.717, 1.165) is 0 Å². The summed E-state index contributed by atoms with van der Waals surface area (Å²) in [5.74, 6) is -1.78. The third-order valence-corrected chi connectivity index (χ3v) is 3.74. The number of hydrogen-bond donors (Lipinski definition) is 0. The van der Waals surface area contributed by atoms with Gasteiger partial charge in [0.2, 0.25) is 0 Å². The van der Waals surface area contributed by atoms with Gasteiger partial charge in [0.1, 0.15) is 24.9 Å². The van der Waals surface area contributed by atoms with Crippen LogP contribution in [0.1, 0.15) is 20.8 Å². The van der Waals surface area contributed by atoms with E-state index in [9.17, 15) is 14.4 Å². The maximum absolute atomic E-state index is 11.6. The molecule has 0 N–H and O–H groups in total. The van der Waals surface area contributed by atoms with Crippen molar-refractivity contribution in [1.29, 1.82) is 0 Å². The zero-order valence-corrected chi connectivity index (χ0v) is 15.8. The van der Waals surface area contributed by atoms with Crippen LogP contribution < -0.4 is 0 Å². The molecule has 0 bridgehead atoms. The summed E-state index contributed by atoms with van der Waals surface area (Å²) in [6, 6.07) is 0. The monoisotopic (exact) mass is 378 g/mol. The van der Waals surface area contributed by atoms with E-state index in [4.69, 9.17) is 33.2 Å². The van der Waals surface area contributed by atoms with E-state index >= 15 is 0 Å². The minimum absolute atomic E-state index is 0.290. The van der Waals surface area contributed by atoms with Crippen molar-refractivity contribution in [1.82, 2.24) is 0 Å². The minimum atomic E-state index is -1.05. The Morgan fingerprint density at radius 2 is 1.46 bits per heavy atom. The minimum Gasteiger partial charge on any atom is -0.462 e. The van der Waals surface area contributed by atoms with Crippen molar-refractivity contribution in [2.75, 3.05) is 27.9 Å². The standard InChI is InChI=1S/C16H26O10/c1-8(17)23-7-11(24-9(2)18)12-14(25-10(3)19)13(20-4)15(21-5)16(22-6)26-12/h11-16H,7H2,1-6H3/t11-,12-,13+,14-,15-,16-/m1/s1. The van der Waals surface area contributed by atoms with Crippen molar-refractivity contribution in [3.8, 4) is 0 Å². The van der Waals surface area contributed by atoms with Crippen LogP contribution in [0, 0.1) is 0 Å². The molecule has 26 heavy (non-hydrogen) atoms. The first-order chi connectivity index (χ1) is 12.2. The average molecular weight is 378 g/mol. The van der Waals surface area contributed by atoms with Gasteiger partial charge < -0.3 is 33.2 Å². The van der Waals surface area contributed by atoms with Gasteiger partial charge in [0, 0.05) is 42.1 Å². The van der Waals surface area contributed by atoms with Crippen molar-refractivity contribution in [3.05, 3.63) is 0 Å². The van der Waals surface area contributed by atoms with E-state index in [1.807, 2.05) is 0 Å². The van der Waals surface area contributed by atoms with Crippen LogP contribution in [0.3, 0.4) is 0 Å². The number of carbonyl (C=O) groups is 3. The third kappa shape index (κ3) is 5.90. The third-order valence-electron chi connectivity index (χ3n) is 3.74. The number of ether oxygens (including phenoxy) is 7. The number of rotatable bonds is 8. The Morgan fingerprint density at radius 1 is 0.846 bits per heavy atom. The van der Waals surface area contributed by atoms with Crippen LogP contribution in [0.2, 0.25) is 0 Å². The summed E-state index contributed by atoms with van der Waals surface area (Å²) in [4.78, 5) is 34.2. The van der Waals surface area contributed by atoms with Crippen molar-refractivity contribution < 1.29 is 47.5 Å². The topological polar surface area (TPSA) is 116 Å². The Hall–Kier alpha value is -1.75. The lowest BCUT2D eigenvalue weighted by molar-refractivity contribution is -0.316. The van der Waals surface area contributed by atoms with E-state index in [2.05, 4.69) is 0 Å². The van der Waals surface area contributed by atoms with Crippen LogP contribution in [0.15, 0.2) is 0 Å². The van der Waals surface area contributed by atoms with E-state index in [1.54, 1.807) is 0 Å². The molecule has 1 fully saturated rings. The first-order valence-electron chi connectivity index (χ1n) is 7.96. The number of carbonyl (C=O) groups excluding carboxylic acids is 3. The van der Waals surface area contributed by atoms with E-state index in [1.165, 1.54) is 42.1 Å². The normalized spacial score (nSPS) is 29.5. The second-order valence-corrected chi connectivity index (χ2v) is 5.63. The summed E-state index contributed by atoms with van der Waals surface area (Å²) in [5.41, 5.74) is 0. The lowest BCUT2D eigenvalue weighted by atomic mass is 9.94. The molecule has 1 heterocycles. The molecule has 1 rings (SSSR count). The highest BCUT2D eigenvalue weighted by Crippen LogP contribution is 2.30. The molecule has 0 aromatic rings. The molecule has 1 saturated heterocycles. The molecule has 0 aromatic carbocycles. The van der Waals surface area contributed by atoms with Crippen LogP contribution >= 0.6 is 0 Å². The molecular weight excluding hydrogens is 352 g/mol. The maximum atomic E-state index is 11.6. The zero-order valence-electron chi connectivity index (χ0n) is 15.8. The first kappa shape index (κ1) is 22.3. The Bertz CT molecular complexity index is 493. The highest BCUT2D eigenvalue weighted by Gasteiger charge is 2.52. The van der Waals surface area contributed by atoms with Crippen molar-refractivity contribution in [3.63, 3.8) is 0 Å². The molecule has 0 unspecified atom stereocenters. The molecule has 1 aliphatic heterocycles. The Balaban J connectivity index is 3.21. The summed E-state index contributed by atoms with van der Waals surface area (Å²) in [6.45, 7) is 3.35. The van der Waals surface area contributed by atoms with Crippen LogP contribution in [-0.4, -0.2) is 82.7 Å². The lowest BCUT2D eigenvalue weighted by Gasteiger charge is -2.45. The van der Waals surface area contributed by atoms with Gasteiger partial charge in [0.25, 0.3) is 0 Å². The number of hydrogen-bond acceptors (Lipinski definition) is 10. The Kier molecular flexibility index (Phi) is 8.93. The van der Waals surface area contributed by atoms with Gasteiger partial charge >= 0.3 is 17.9 Å². The van der Waals surface area contributed by atoms with Gasteiger partial charge in [-0.05, 0) is 0 Å². The largest absolute Gasteiger partial charge is 0.462 e. The van der Waals surface area contributed by atoms with Crippen LogP contribution in [0.5, 0.6) is 0 Å². The van der Waals surface area contributed by atoms with Gasteiger partial charge in [0.05, 0.1) is 0 Å². The van der Waals surface area contributed by atoms with Crippen LogP contribution in [-0.2, 0) is 47.5 Å². The molecule has 1 aliphatic rings. The van der Waals surface area contributed by atoms with Crippen molar-refractivity contribution in [2.24, 2.45) is 0 Å². The quantitative estimate of drug-likeness (QED) is 0.416. The van der Waals surface area contributed by atoms with E-state index in [0.29, 0.717) is 0 Å². The molecule has 0 spiro atoms. The predicted molar refractivity (Wildman–Crippen MR) is 85.0 cm³/mol. The Morgan fingerprint density at radius 3 is 1.88 bits per heavy atom. The van der Waals surface area contributed by atoms with Gasteiger partial charge in [-0.1, -0.05) is 0 Å². The van der Waals surface area contributed by atoms with Crippen LogP contribution in [0.25, 0.3) is 0 Å². The molecule has 6 atom stereocenters. The predicted octanol–water partition coefficient (Wildman–Crippen LogP) is -0.186. The second kappa shape index (κ2) is 10.4. The molecule has 0 amide bonds. The maximum Gasteiger partial charge on any atom is 0.303 e. The van der Waals surface area contributed by atoms with Crippen LogP contribution in [0.4, 0.5) is 0 Å². The second-order valence-electron chi connectivity index (χ2n) is 5.63. The highest BCUT2D eigenvalue weighted by molar-refractivity contribution is 5.67. The Labute approximate surface area is 151 Å². The summed E-state index contributed by atoms with van der Waals surface area (Å²) >= 11 is 0.